The highest BCUT2D eigenvalue weighted by Crippen LogP contribution is 2.37. The lowest BCUT2D eigenvalue weighted by Crippen LogP contribution is -2.33. The molecule has 0 unspecified atom stereocenters. The molecule has 17 heavy (non-hydrogen) atoms. The molecule has 0 saturated heterocycles. The van der Waals surface area contributed by atoms with Crippen LogP contribution in [0.3, 0.4) is 0 Å². The highest BCUT2D eigenvalue weighted by molar-refractivity contribution is 5.29. The molecule has 1 aliphatic carbocycles. The fourth-order valence-corrected chi connectivity index (χ4v) is 2.55. The lowest BCUT2D eigenvalue weighted by molar-refractivity contribution is -0.0361. The van der Waals surface area contributed by atoms with Gasteiger partial charge in [0, 0.05) is 0 Å². The molecule has 0 spiro atoms. The monoisotopic (exact) mass is 234 g/mol. The van der Waals surface area contributed by atoms with Crippen molar-refractivity contribution in [2.24, 2.45) is 0 Å². The van der Waals surface area contributed by atoms with Gasteiger partial charge in [0.05, 0.1) is 11.7 Å². The van der Waals surface area contributed by atoms with Crippen LogP contribution < -0.4 is 0 Å². The van der Waals surface area contributed by atoms with E-state index in [-0.39, 0.29) is 6.10 Å². The Balaban J connectivity index is 2.16. The van der Waals surface area contributed by atoms with Gasteiger partial charge in [-0.15, -0.1) is 0 Å². The predicted octanol–water partition coefficient (Wildman–Crippen LogP) is 2.93. The molecule has 0 bridgehead atoms. The van der Waals surface area contributed by atoms with E-state index in [2.05, 4.69) is 26.0 Å². The minimum Gasteiger partial charge on any atom is -0.393 e. The van der Waals surface area contributed by atoms with Crippen molar-refractivity contribution in [3.8, 4) is 0 Å². The van der Waals surface area contributed by atoms with E-state index < -0.39 is 5.60 Å². The summed E-state index contributed by atoms with van der Waals surface area (Å²) < 4.78 is 0. The zero-order valence-electron chi connectivity index (χ0n) is 10.7. The van der Waals surface area contributed by atoms with E-state index in [0.29, 0.717) is 31.6 Å². The predicted molar refractivity (Wildman–Crippen MR) is 68.9 cm³/mol. The van der Waals surface area contributed by atoms with Gasteiger partial charge in [0.15, 0.2) is 0 Å². The molecule has 1 aliphatic rings. The fourth-order valence-electron chi connectivity index (χ4n) is 2.55. The molecule has 0 aromatic heterocycles. The third-order valence-corrected chi connectivity index (χ3v) is 3.90. The molecule has 2 nitrogen and oxygen atoms in total. The molecule has 0 atom stereocenters. The normalized spacial score (nSPS) is 29.6. The van der Waals surface area contributed by atoms with Gasteiger partial charge >= 0.3 is 0 Å². The van der Waals surface area contributed by atoms with Gasteiger partial charge in [-0.25, -0.2) is 0 Å². The van der Waals surface area contributed by atoms with Crippen LogP contribution in [0.2, 0.25) is 0 Å². The maximum Gasteiger partial charge on any atom is 0.0898 e. The van der Waals surface area contributed by atoms with Crippen molar-refractivity contribution >= 4 is 0 Å². The van der Waals surface area contributed by atoms with Gasteiger partial charge in [0.2, 0.25) is 0 Å². The first-order valence-corrected chi connectivity index (χ1v) is 6.52. The zero-order chi connectivity index (χ0) is 12.5. The van der Waals surface area contributed by atoms with E-state index in [1.165, 1.54) is 5.56 Å². The maximum atomic E-state index is 10.6. The molecular weight excluding hydrogens is 212 g/mol. The van der Waals surface area contributed by atoms with E-state index in [9.17, 15) is 10.2 Å². The van der Waals surface area contributed by atoms with Crippen LogP contribution in [0.4, 0.5) is 0 Å². The van der Waals surface area contributed by atoms with Crippen LogP contribution in [0.25, 0.3) is 0 Å². The topological polar surface area (TPSA) is 40.5 Å². The molecule has 1 saturated carbocycles. The van der Waals surface area contributed by atoms with E-state index in [1.807, 2.05) is 12.1 Å². The summed E-state index contributed by atoms with van der Waals surface area (Å²) in [6.45, 7) is 4.33. The third-order valence-electron chi connectivity index (χ3n) is 3.90. The Morgan fingerprint density at radius 3 is 2.12 bits per heavy atom. The molecule has 2 N–H and O–H groups in total. The number of rotatable bonds is 2. The first kappa shape index (κ1) is 12.6. The molecule has 2 rings (SSSR count). The second kappa shape index (κ2) is 4.79. The molecule has 2 heteroatoms. The van der Waals surface area contributed by atoms with Crippen molar-refractivity contribution in [1.29, 1.82) is 0 Å². The van der Waals surface area contributed by atoms with Crippen LogP contribution in [0.1, 0.15) is 56.6 Å². The average molecular weight is 234 g/mol. The highest BCUT2D eigenvalue weighted by atomic mass is 16.3. The largest absolute Gasteiger partial charge is 0.393 e. The Morgan fingerprint density at radius 1 is 1.12 bits per heavy atom. The smallest absolute Gasteiger partial charge is 0.0898 e. The van der Waals surface area contributed by atoms with Crippen molar-refractivity contribution in [2.75, 3.05) is 0 Å². The van der Waals surface area contributed by atoms with Gasteiger partial charge in [-0.1, -0.05) is 38.1 Å². The zero-order valence-corrected chi connectivity index (χ0v) is 10.7. The quantitative estimate of drug-likeness (QED) is 0.826. The molecule has 0 heterocycles. The Hall–Kier alpha value is -0.860. The number of aliphatic hydroxyl groups excluding tert-OH is 1. The van der Waals surface area contributed by atoms with Crippen molar-refractivity contribution in [3.63, 3.8) is 0 Å². The van der Waals surface area contributed by atoms with Crippen LogP contribution >= 0.6 is 0 Å². The third kappa shape index (κ3) is 2.70. The van der Waals surface area contributed by atoms with E-state index in [1.54, 1.807) is 0 Å². The Kier molecular flexibility index (Phi) is 3.55. The number of hydrogen-bond donors (Lipinski definition) is 2. The van der Waals surface area contributed by atoms with Crippen molar-refractivity contribution in [3.05, 3.63) is 35.4 Å². The minimum atomic E-state index is -0.727. The second-order valence-corrected chi connectivity index (χ2v) is 5.54. The first-order valence-electron chi connectivity index (χ1n) is 6.52. The van der Waals surface area contributed by atoms with E-state index >= 15 is 0 Å². The molecule has 1 fully saturated rings. The maximum absolute atomic E-state index is 10.6. The molecule has 0 amide bonds. The van der Waals surface area contributed by atoms with Crippen molar-refractivity contribution < 1.29 is 10.2 Å². The summed E-state index contributed by atoms with van der Waals surface area (Å²) in [7, 11) is 0. The standard InChI is InChI=1S/C15H22O2/c1-11(2)12-3-5-13(6-4-12)15(17)9-7-14(16)8-10-15/h3-6,11,14,16-17H,7-10H2,1-2H3. The number of aliphatic hydroxyl groups is 2. The second-order valence-electron chi connectivity index (χ2n) is 5.54. The van der Waals surface area contributed by atoms with Gasteiger partial charge in [0.1, 0.15) is 0 Å². The van der Waals surface area contributed by atoms with E-state index in [0.717, 1.165) is 5.56 Å². The Morgan fingerprint density at radius 2 is 1.65 bits per heavy atom. The highest BCUT2D eigenvalue weighted by Gasteiger charge is 2.33. The SMILES string of the molecule is CC(C)c1ccc(C2(O)CCC(O)CC2)cc1. The summed E-state index contributed by atoms with van der Waals surface area (Å²) in [6, 6.07) is 8.27. The van der Waals surface area contributed by atoms with Crippen LogP contribution in [-0.4, -0.2) is 16.3 Å². The lowest BCUT2D eigenvalue weighted by Gasteiger charge is -2.34. The Labute approximate surface area is 103 Å². The summed E-state index contributed by atoms with van der Waals surface area (Å²) in [5, 5.41) is 20.1. The molecule has 0 aliphatic heterocycles. The molecule has 1 aromatic carbocycles. The molecular formula is C15H22O2. The van der Waals surface area contributed by atoms with Gasteiger partial charge in [-0.3, -0.25) is 0 Å². The van der Waals surface area contributed by atoms with Crippen LogP contribution in [0.5, 0.6) is 0 Å². The summed E-state index contributed by atoms with van der Waals surface area (Å²) in [6.07, 6.45) is 2.49. The molecule has 0 radical (unpaired) electrons. The van der Waals surface area contributed by atoms with Crippen LogP contribution in [0, 0.1) is 0 Å². The average Bonchev–Trinajstić information content (AvgIpc) is 2.33. The van der Waals surface area contributed by atoms with Gasteiger partial charge in [-0.2, -0.15) is 0 Å². The summed E-state index contributed by atoms with van der Waals surface area (Å²) in [5.74, 6) is 0.520. The van der Waals surface area contributed by atoms with Gasteiger partial charge < -0.3 is 10.2 Å². The first-order chi connectivity index (χ1) is 8.01. The molecule has 94 valence electrons. The summed E-state index contributed by atoms with van der Waals surface area (Å²) in [4.78, 5) is 0. The van der Waals surface area contributed by atoms with E-state index in [4.69, 9.17) is 0 Å². The Bertz CT molecular complexity index is 359. The summed E-state index contributed by atoms with van der Waals surface area (Å²) in [5.41, 5.74) is 1.57. The number of benzene rings is 1. The van der Waals surface area contributed by atoms with Crippen molar-refractivity contribution in [1.82, 2.24) is 0 Å². The number of hydrogen-bond acceptors (Lipinski definition) is 2. The lowest BCUT2D eigenvalue weighted by atomic mass is 9.78. The molecule has 1 aromatic rings. The van der Waals surface area contributed by atoms with Crippen LogP contribution in [-0.2, 0) is 5.60 Å². The van der Waals surface area contributed by atoms with Crippen molar-refractivity contribution in [2.45, 2.75) is 57.2 Å². The van der Waals surface area contributed by atoms with Gasteiger partial charge in [0.25, 0.3) is 0 Å². The van der Waals surface area contributed by atoms with Gasteiger partial charge in [-0.05, 0) is 42.7 Å². The van der Waals surface area contributed by atoms with Crippen LogP contribution in [0.15, 0.2) is 24.3 Å². The fraction of sp³-hybridized carbons (Fsp3) is 0.600. The minimum absolute atomic E-state index is 0.231. The summed E-state index contributed by atoms with van der Waals surface area (Å²) >= 11 is 0.